The molecule has 0 fully saturated rings. The number of carbonyl (C=O) groups excluding carboxylic acids is 3. The molecule has 0 aliphatic rings. The molecule has 4 aromatic carbocycles. The van der Waals surface area contributed by atoms with Crippen molar-refractivity contribution in [2.24, 2.45) is 0 Å². The van der Waals surface area contributed by atoms with E-state index in [1.165, 1.54) is 43.1 Å². The summed E-state index contributed by atoms with van der Waals surface area (Å²) < 4.78 is 19.5. The molecule has 3 amide bonds. The molecule has 4 aromatic rings. The van der Waals surface area contributed by atoms with E-state index in [0.717, 1.165) is 4.90 Å². The number of thioether (sulfide) groups is 1. The molecule has 0 saturated heterocycles. The van der Waals surface area contributed by atoms with Gasteiger partial charge in [-0.2, -0.15) is 0 Å². The Balaban J connectivity index is 1.44. The van der Waals surface area contributed by atoms with Gasteiger partial charge in [-0.1, -0.05) is 54.1 Å². The Morgan fingerprint density at radius 2 is 1.61 bits per heavy atom. The molecule has 4 rings (SSSR count). The largest absolute Gasteiger partial charge is 0.495 e. The molecule has 41 heavy (non-hydrogen) atoms. The molecule has 0 bridgehead atoms. The molecule has 0 aliphatic heterocycles. The first-order valence-electron chi connectivity index (χ1n) is 12.3. The zero-order valence-electron chi connectivity index (χ0n) is 21.8. The van der Waals surface area contributed by atoms with Gasteiger partial charge >= 0.3 is 0 Å². The fraction of sp³-hybridized carbons (Fsp3) is 0.0645. The van der Waals surface area contributed by atoms with Crippen molar-refractivity contribution in [1.29, 1.82) is 0 Å². The van der Waals surface area contributed by atoms with Crippen molar-refractivity contribution in [3.63, 3.8) is 0 Å². The minimum atomic E-state index is -0.645. The van der Waals surface area contributed by atoms with Crippen LogP contribution in [0, 0.1) is 5.82 Å². The van der Waals surface area contributed by atoms with E-state index in [4.69, 9.17) is 16.3 Å². The number of ether oxygens (including phenoxy) is 1. The van der Waals surface area contributed by atoms with Crippen LogP contribution in [0.2, 0.25) is 5.02 Å². The molecule has 0 heterocycles. The molecule has 0 unspecified atom stereocenters. The van der Waals surface area contributed by atoms with Crippen LogP contribution in [0.15, 0.2) is 108 Å². The van der Waals surface area contributed by atoms with Crippen molar-refractivity contribution in [3.8, 4) is 5.75 Å². The monoisotopic (exact) mass is 589 g/mol. The van der Waals surface area contributed by atoms with E-state index >= 15 is 0 Å². The average molecular weight is 590 g/mol. The maximum Gasteiger partial charge on any atom is 0.272 e. The Hall–Kier alpha value is -4.60. The zero-order chi connectivity index (χ0) is 29.2. The number of rotatable bonds is 10. The van der Waals surface area contributed by atoms with Crippen molar-refractivity contribution in [2.45, 2.75) is 4.90 Å². The second-order valence-electron chi connectivity index (χ2n) is 8.57. The number of benzene rings is 4. The third kappa shape index (κ3) is 8.44. The molecule has 10 heteroatoms. The summed E-state index contributed by atoms with van der Waals surface area (Å²) in [7, 11) is 1.51. The topological polar surface area (TPSA) is 96.5 Å². The van der Waals surface area contributed by atoms with Gasteiger partial charge in [0.15, 0.2) is 0 Å². The molecular formula is C31H25ClFN3O4S. The fourth-order valence-corrected chi connectivity index (χ4v) is 4.65. The minimum absolute atomic E-state index is 0.104. The third-order valence-corrected chi connectivity index (χ3v) is 6.92. The summed E-state index contributed by atoms with van der Waals surface area (Å²) in [5.74, 6) is -1.34. The van der Waals surface area contributed by atoms with E-state index in [2.05, 4.69) is 16.0 Å². The predicted molar refractivity (Wildman–Crippen MR) is 161 cm³/mol. The lowest BCUT2D eigenvalue weighted by molar-refractivity contribution is -0.114. The summed E-state index contributed by atoms with van der Waals surface area (Å²) in [6.07, 6.45) is 1.28. The molecule has 0 aliphatic carbocycles. The fourth-order valence-electron chi connectivity index (χ4n) is 3.64. The van der Waals surface area contributed by atoms with Gasteiger partial charge in [0, 0.05) is 27.4 Å². The standard InChI is InChI=1S/C31H25ClFN3O4S/c1-40-28-15-14-23(18-25(28)32)34-29(37)19-41-24-12-7-11-22(17-24)35-31(39)27(16-21-10-5-6-13-26(21)33)36-30(38)20-8-3-2-4-9-20/h2-18H,19H2,1H3,(H,34,37)(H,35,39)(H,36,38)/b27-16-. The number of carbonyl (C=O) groups is 3. The molecule has 0 spiro atoms. The van der Waals surface area contributed by atoms with Gasteiger partial charge in [-0.25, -0.2) is 4.39 Å². The summed E-state index contributed by atoms with van der Waals surface area (Å²) >= 11 is 7.38. The number of nitrogens with one attached hydrogen (secondary N) is 3. The van der Waals surface area contributed by atoms with Crippen LogP contribution in [0.1, 0.15) is 15.9 Å². The number of hydrogen-bond acceptors (Lipinski definition) is 5. The van der Waals surface area contributed by atoms with Gasteiger partial charge in [-0.3, -0.25) is 14.4 Å². The number of anilines is 2. The van der Waals surface area contributed by atoms with Crippen LogP contribution in [0.4, 0.5) is 15.8 Å². The van der Waals surface area contributed by atoms with E-state index in [1.54, 1.807) is 78.9 Å². The summed E-state index contributed by atoms with van der Waals surface area (Å²) in [4.78, 5) is 39.2. The molecule has 0 aromatic heterocycles. The van der Waals surface area contributed by atoms with Gasteiger partial charge in [0.05, 0.1) is 17.9 Å². The summed E-state index contributed by atoms with van der Waals surface area (Å²) in [6, 6.07) is 26.1. The maximum atomic E-state index is 14.4. The molecule has 208 valence electrons. The van der Waals surface area contributed by atoms with Crippen molar-refractivity contribution in [2.75, 3.05) is 23.5 Å². The number of halogens is 2. The Kier molecular flexibility index (Phi) is 10.1. The maximum absolute atomic E-state index is 14.4. The van der Waals surface area contributed by atoms with Crippen LogP contribution in [-0.4, -0.2) is 30.6 Å². The number of amides is 3. The highest BCUT2D eigenvalue weighted by molar-refractivity contribution is 8.00. The van der Waals surface area contributed by atoms with Gasteiger partial charge in [-0.05, 0) is 60.7 Å². The summed E-state index contributed by atoms with van der Waals surface area (Å²) in [5, 5.41) is 8.48. The van der Waals surface area contributed by atoms with Gasteiger partial charge in [0.1, 0.15) is 17.3 Å². The minimum Gasteiger partial charge on any atom is -0.495 e. The first kappa shape index (κ1) is 29.4. The van der Waals surface area contributed by atoms with E-state index in [1.807, 2.05) is 0 Å². The highest BCUT2D eigenvalue weighted by atomic mass is 35.5. The SMILES string of the molecule is COc1ccc(NC(=O)CSc2cccc(NC(=O)/C(=C/c3ccccc3F)NC(=O)c3ccccc3)c2)cc1Cl. The van der Waals surface area contributed by atoms with Crippen LogP contribution >= 0.6 is 23.4 Å². The second-order valence-corrected chi connectivity index (χ2v) is 10.0. The van der Waals surface area contributed by atoms with Gasteiger partial charge in [-0.15, -0.1) is 11.8 Å². The molecule has 0 radical (unpaired) electrons. The van der Waals surface area contributed by atoms with E-state index in [9.17, 15) is 18.8 Å². The van der Waals surface area contributed by atoms with Crippen LogP contribution in [0.25, 0.3) is 6.08 Å². The normalized spacial score (nSPS) is 11.0. The van der Waals surface area contributed by atoms with Crippen LogP contribution in [0.3, 0.4) is 0 Å². The van der Waals surface area contributed by atoms with Crippen LogP contribution in [-0.2, 0) is 9.59 Å². The first-order valence-corrected chi connectivity index (χ1v) is 13.7. The highest BCUT2D eigenvalue weighted by Crippen LogP contribution is 2.28. The van der Waals surface area contributed by atoms with Gasteiger partial charge < -0.3 is 20.7 Å². The lowest BCUT2D eigenvalue weighted by Gasteiger charge is -2.12. The van der Waals surface area contributed by atoms with Crippen molar-refractivity contribution in [1.82, 2.24) is 5.32 Å². The lowest BCUT2D eigenvalue weighted by Crippen LogP contribution is -2.30. The Bertz CT molecular complexity index is 1600. The highest BCUT2D eigenvalue weighted by Gasteiger charge is 2.16. The molecule has 0 atom stereocenters. The van der Waals surface area contributed by atoms with Crippen LogP contribution < -0.4 is 20.7 Å². The Morgan fingerprint density at radius 3 is 2.34 bits per heavy atom. The summed E-state index contributed by atoms with van der Waals surface area (Å²) in [6.45, 7) is 0. The van der Waals surface area contributed by atoms with Crippen molar-refractivity contribution >= 4 is 58.5 Å². The first-order chi connectivity index (χ1) is 19.8. The number of methoxy groups -OCH3 is 1. The second kappa shape index (κ2) is 14.2. The van der Waals surface area contributed by atoms with E-state index in [-0.39, 0.29) is 22.9 Å². The average Bonchev–Trinajstić information content (AvgIpc) is 2.97. The lowest BCUT2D eigenvalue weighted by atomic mass is 10.1. The molecular weight excluding hydrogens is 565 g/mol. The smallest absolute Gasteiger partial charge is 0.272 e. The Morgan fingerprint density at radius 1 is 0.878 bits per heavy atom. The van der Waals surface area contributed by atoms with E-state index in [0.29, 0.717) is 27.7 Å². The quantitative estimate of drug-likeness (QED) is 0.143. The number of hydrogen-bond donors (Lipinski definition) is 3. The summed E-state index contributed by atoms with van der Waals surface area (Å²) in [5.41, 5.74) is 1.30. The predicted octanol–water partition coefficient (Wildman–Crippen LogP) is 6.63. The van der Waals surface area contributed by atoms with Crippen molar-refractivity contribution < 1.29 is 23.5 Å². The van der Waals surface area contributed by atoms with Crippen molar-refractivity contribution in [3.05, 3.63) is 125 Å². The third-order valence-electron chi connectivity index (χ3n) is 5.63. The zero-order valence-corrected chi connectivity index (χ0v) is 23.4. The molecule has 3 N–H and O–H groups in total. The molecule has 0 saturated carbocycles. The van der Waals surface area contributed by atoms with Crippen LogP contribution in [0.5, 0.6) is 5.75 Å². The van der Waals surface area contributed by atoms with Gasteiger partial charge in [0.2, 0.25) is 5.91 Å². The van der Waals surface area contributed by atoms with Gasteiger partial charge in [0.25, 0.3) is 11.8 Å². The van der Waals surface area contributed by atoms with E-state index < -0.39 is 17.6 Å². The molecule has 7 nitrogen and oxygen atoms in total. The Labute approximate surface area is 245 Å².